The van der Waals surface area contributed by atoms with E-state index in [4.69, 9.17) is 17.0 Å². The van der Waals surface area contributed by atoms with Crippen molar-refractivity contribution in [2.45, 2.75) is 4.90 Å². The van der Waals surface area contributed by atoms with Gasteiger partial charge in [0.1, 0.15) is 0 Å². The van der Waals surface area contributed by atoms with E-state index in [-0.39, 0.29) is 21.8 Å². The fourth-order valence-electron chi connectivity index (χ4n) is 3.17. The monoisotopic (exact) mass is 483 g/mol. The number of benzene rings is 2. The molecule has 1 fully saturated rings. The lowest BCUT2D eigenvalue weighted by Gasteiger charge is -2.34. The fourth-order valence-corrected chi connectivity index (χ4v) is 5.25. The summed E-state index contributed by atoms with van der Waals surface area (Å²) in [4.78, 5) is 4.08. The molecule has 0 bridgehead atoms. The van der Waals surface area contributed by atoms with E-state index in [1.807, 2.05) is 13.1 Å². The van der Waals surface area contributed by atoms with Gasteiger partial charge in [-0.15, -0.1) is 0 Å². The van der Waals surface area contributed by atoms with Crippen LogP contribution >= 0.6 is 11.8 Å². The average Bonchev–Trinajstić information content (AvgIpc) is 2.72. The molecular formula is C19H22ClN5O4S2. The zero-order chi connectivity index (χ0) is 22.8. The SMILES string of the molecule is CN1CCN(c2ccc(N(Cl)S(=O)(=O)c3cccc(C#N)c3)c(NS(C)(=O)=O)c2)CC1. The third-order valence-corrected chi connectivity index (χ3v) is 7.59. The summed E-state index contributed by atoms with van der Waals surface area (Å²) in [6.45, 7) is 3.19. The Bertz CT molecular complexity index is 1220. The summed E-state index contributed by atoms with van der Waals surface area (Å²) in [5.41, 5.74) is 0.893. The molecule has 1 aliphatic rings. The maximum atomic E-state index is 13.0. The lowest BCUT2D eigenvalue weighted by atomic mass is 10.2. The molecule has 9 nitrogen and oxygen atoms in total. The highest BCUT2D eigenvalue weighted by atomic mass is 35.5. The summed E-state index contributed by atoms with van der Waals surface area (Å²) in [7, 11) is -5.94. The Morgan fingerprint density at radius 1 is 1.06 bits per heavy atom. The van der Waals surface area contributed by atoms with Crippen LogP contribution in [0.25, 0.3) is 0 Å². The lowest BCUT2D eigenvalue weighted by Crippen LogP contribution is -2.44. The Morgan fingerprint density at radius 2 is 1.74 bits per heavy atom. The van der Waals surface area contributed by atoms with E-state index in [9.17, 15) is 16.8 Å². The van der Waals surface area contributed by atoms with Crippen molar-refractivity contribution in [3.05, 3.63) is 48.0 Å². The number of anilines is 3. The predicted molar refractivity (Wildman–Crippen MR) is 121 cm³/mol. The van der Waals surface area contributed by atoms with Crippen LogP contribution in [0.15, 0.2) is 47.4 Å². The van der Waals surface area contributed by atoms with Crippen LogP contribution in [0.3, 0.4) is 0 Å². The van der Waals surface area contributed by atoms with Gasteiger partial charge in [-0.1, -0.05) is 6.07 Å². The number of likely N-dealkylation sites (N-methyl/N-ethyl adjacent to an activating group) is 1. The van der Waals surface area contributed by atoms with E-state index < -0.39 is 20.0 Å². The molecule has 2 aromatic carbocycles. The van der Waals surface area contributed by atoms with Crippen molar-refractivity contribution in [3.8, 4) is 6.07 Å². The summed E-state index contributed by atoms with van der Waals surface area (Å²) in [5.74, 6) is 0. The van der Waals surface area contributed by atoms with Crippen LogP contribution in [0.5, 0.6) is 0 Å². The number of halogens is 1. The summed E-state index contributed by atoms with van der Waals surface area (Å²) < 4.78 is 52.8. The first-order valence-corrected chi connectivity index (χ1v) is 12.9. The molecule has 3 rings (SSSR count). The molecule has 0 radical (unpaired) electrons. The Morgan fingerprint density at radius 3 is 2.35 bits per heavy atom. The van der Waals surface area contributed by atoms with Gasteiger partial charge in [0.25, 0.3) is 10.0 Å². The molecule has 0 amide bonds. The molecule has 0 aliphatic carbocycles. The molecule has 12 heteroatoms. The van der Waals surface area contributed by atoms with Crippen LogP contribution in [0, 0.1) is 11.3 Å². The van der Waals surface area contributed by atoms with Crippen LogP contribution < -0.4 is 13.4 Å². The molecule has 0 atom stereocenters. The largest absolute Gasteiger partial charge is 0.369 e. The van der Waals surface area contributed by atoms with Crippen LogP contribution in [0.4, 0.5) is 17.1 Å². The molecular weight excluding hydrogens is 462 g/mol. The molecule has 31 heavy (non-hydrogen) atoms. The van der Waals surface area contributed by atoms with Gasteiger partial charge in [-0.3, -0.25) is 4.72 Å². The van der Waals surface area contributed by atoms with Gasteiger partial charge in [0.05, 0.1) is 34.2 Å². The molecule has 0 aromatic heterocycles. The first-order chi connectivity index (χ1) is 14.5. The second kappa shape index (κ2) is 8.92. The van der Waals surface area contributed by atoms with Crippen molar-refractivity contribution in [2.24, 2.45) is 0 Å². The van der Waals surface area contributed by atoms with Crippen molar-refractivity contribution >= 4 is 48.9 Å². The highest BCUT2D eigenvalue weighted by Gasteiger charge is 2.27. The number of piperazine rings is 1. The number of nitrogens with one attached hydrogen (secondary N) is 1. The van der Waals surface area contributed by atoms with Gasteiger partial charge in [-0.05, 0) is 43.4 Å². The maximum Gasteiger partial charge on any atom is 0.278 e. The maximum absolute atomic E-state index is 13.0. The minimum absolute atomic E-state index is 0.0361. The van der Waals surface area contributed by atoms with E-state index >= 15 is 0 Å². The third-order valence-electron chi connectivity index (χ3n) is 4.81. The molecule has 1 N–H and O–H groups in total. The predicted octanol–water partition coefficient (Wildman–Crippen LogP) is 2.03. The fraction of sp³-hybridized carbons (Fsp3) is 0.316. The zero-order valence-corrected chi connectivity index (χ0v) is 19.4. The van der Waals surface area contributed by atoms with Crippen LogP contribution in [0.2, 0.25) is 0 Å². The minimum atomic E-state index is -4.26. The van der Waals surface area contributed by atoms with Crippen LogP contribution in [0.1, 0.15) is 5.56 Å². The Hall–Kier alpha value is -2.52. The number of hydrogen-bond donors (Lipinski definition) is 1. The number of nitrogens with zero attached hydrogens (tertiary/aromatic N) is 4. The van der Waals surface area contributed by atoms with Crippen molar-refractivity contribution in [3.63, 3.8) is 0 Å². The van der Waals surface area contributed by atoms with Gasteiger partial charge in [0, 0.05) is 43.6 Å². The Kier molecular flexibility index (Phi) is 6.66. The molecule has 2 aromatic rings. The van der Waals surface area contributed by atoms with Crippen molar-refractivity contribution in [2.75, 3.05) is 52.9 Å². The van der Waals surface area contributed by atoms with Gasteiger partial charge in [0.2, 0.25) is 10.0 Å². The number of sulfonamides is 2. The average molecular weight is 484 g/mol. The lowest BCUT2D eigenvalue weighted by molar-refractivity contribution is 0.313. The molecule has 0 unspecified atom stereocenters. The first-order valence-electron chi connectivity index (χ1n) is 9.28. The van der Waals surface area contributed by atoms with Gasteiger partial charge >= 0.3 is 0 Å². The number of nitriles is 1. The highest BCUT2D eigenvalue weighted by Crippen LogP contribution is 2.36. The summed E-state index contributed by atoms with van der Waals surface area (Å²) in [6.07, 6.45) is 0.975. The van der Waals surface area contributed by atoms with Gasteiger partial charge < -0.3 is 9.80 Å². The van der Waals surface area contributed by atoms with Crippen LogP contribution in [-0.4, -0.2) is 61.2 Å². The Labute approximate surface area is 187 Å². The van der Waals surface area contributed by atoms with Crippen molar-refractivity contribution < 1.29 is 16.8 Å². The molecule has 166 valence electrons. The van der Waals surface area contributed by atoms with E-state index in [0.717, 1.165) is 38.1 Å². The minimum Gasteiger partial charge on any atom is -0.369 e. The summed E-state index contributed by atoms with van der Waals surface area (Å²) >= 11 is 6.23. The normalized spacial score (nSPS) is 15.4. The van der Waals surface area contributed by atoms with Gasteiger partial charge in [-0.25, -0.2) is 8.42 Å². The van der Waals surface area contributed by atoms with E-state index in [2.05, 4.69) is 14.5 Å². The summed E-state index contributed by atoms with van der Waals surface area (Å²) in [6, 6.07) is 12.0. The summed E-state index contributed by atoms with van der Waals surface area (Å²) in [5, 5.41) is 9.05. The molecule has 1 saturated heterocycles. The molecule has 0 saturated carbocycles. The van der Waals surface area contributed by atoms with E-state index in [0.29, 0.717) is 3.82 Å². The van der Waals surface area contributed by atoms with Gasteiger partial charge in [-0.2, -0.15) is 17.5 Å². The zero-order valence-electron chi connectivity index (χ0n) is 17.0. The third kappa shape index (κ3) is 5.40. The van der Waals surface area contributed by atoms with E-state index in [1.54, 1.807) is 12.1 Å². The highest BCUT2D eigenvalue weighted by molar-refractivity contribution is 7.94. The second-order valence-corrected chi connectivity index (χ2v) is 11.3. The van der Waals surface area contributed by atoms with Gasteiger partial charge in [0.15, 0.2) is 0 Å². The number of hydrogen-bond acceptors (Lipinski definition) is 7. The quantitative estimate of drug-likeness (QED) is 0.625. The van der Waals surface area contributed by atoms with Crippen LogP contribution in [-0.2, 0) is 20.0 Å². The molecule has 0 spiro atoms. The topological polar surface area (TPSA) is 114 Å². The first kappa shape index (κ1) is 23.1. The van der Waals surface area contributed by atoms with Crippen molar-refractivity contribution in [1.82, 2.24) is 4.90 Å². The Balaban J connectivity index is 2.03. The van der Waals surface area contributed by atoms with Crippen molar-refractivity contribution in [1.29, 1.82) is 5.26 Å². The second-order valence-electron chi connectivity index (χ2n) is 7.23. The standard InChI is InChI=1S/C19H22ClN5O4S2/c1-23-8-10-24(11-9-23)16-6-7-19(18(13-16)22-30(2,26)27)25(20)31(28,29)17-5-3-4-15(12-17)14-21/h3-7,12-13,22H,8-11H2,1-2H3. The van der Waals surface area contributed by atoms with E-state index in [1.165, 1.54) is 30.3 Å². The molecule has 1 heterocycles. The smallest absolute Gasteiger partial charge is 0.278 e. The molecule has 1 aliphatic heterocycles. The number of rotatable bonds is 6.